The Bertz CT molecular complexity index is 630. The van der Waals surface area contributed by atoms with Crippen LogP contribution in [0.25, 0.3) is 0 Å². The molecular weight excluding hydrogens is 298 g/mol. The van der Waals surface area contributed by atoms with Crippen LogP contribution in [0.4, 0.5) is 0 Å². The number of nitrogens with zero attached hydrogens (tertiary/aromatic N) is 1. The third-order valence-electron chi connectivity index (χ3n) is 3.88. The van der Waals surface area contributed by atoms with Gasteiger partial charge in [0.05, 0.1) is 18.6 Å². The first-order valence-electron chi connectivity index (χ1n) is 7.23. The Morgan fingerprint density at radius 1 is 1.14 bits per heavy atom. The highest BCUT2D eigenvalue weighted by atomic mass is 35.5. The zero-order valence-electron chi connectivity index (χ0n) is 12.7. The summed E-state index contributed by atoms with van der Waals surface area (Å²) in [6.45, 7) is 1.92. The number of rotatable bonds is 5. The van der Waals surface area contributed by atoms with Gasteiger partial charge in [-0.25, -0.2) is 0 Å². The Hall–Kier alpha value is -1.84. The number of hydrogen-bond donors (Lipinski definition) is 1. The van der Waals surface area contributed by atoms with E-state index in [-0.39, 0.29) is 18.4 Å². The summed E-state index contributed by atoms with van der Waals surface area (Å²) < 4.78 is 0. The van der Waals surface area contributed by atoms with Gasteiger partial charge in [-0.3, -0.25) is 4.79 Å². The summed E-state index contributed by atoms with van der Waals surface area (Å²) in [4.78, 5) is 14.0. The van der Waals surface area contributed by atoms with Crippen LogP contribution in [0.15, 0.2) is 54.6 Å². The summed E-state index contributed by atoms with van der Waals surface area (Å²) >= 11 is 6.18. The fourth-order valence-electron chi connectivity index (χ4n) is 2.34. The predicted octanol–water partition coefficient (Wildman–Crippen LogP) is 3.98. The maximum absolute atomic E-state index is 12.4. The first kappa shape index (κ1) is 16.5. The minimum Gasteiger partial charge on any atom is -0.388 e. The smallest absolute Gasteiger partial charge is 0.225 e. The molecule has 2 unspecified atom stereocenters. The Morgan fingerprint density at radius 3 is 2.36 bits per heavy atom. The summed E-state index contributed by atoms with van der Waals surface area (Å²) in [5.74, 6) is -0.122. The van der Waals surface area contributed by atoms with Gasteiger partial charge >= 0.3 is 0 Å². The van der Waals surface area contributed by atoms with Crippen LogP contribution in [0.1, 0.15) is 36.6 Å². The molecule has 0 fully saturated rings. The van der Waals surface area contributed by atoms with Crippen molar-refractivity contribution in [2.24, 2.45) is 0 Å². The number of carbonyl (C=O) groups is 1. The van der Waals surface area contributed by atoms with E-state index in [1.54, 1.807) is 11.9 Å². The highest BCUT2D eigenvalue weighted by Gasteiger charge is 2.22. The van der Waals surface area contributed by atoms with Crippen LogP contribution in [-0.2, 0) is 4.79 Å². The van der Waals surface area contributed by atoms with Gasteiger partial charge in [-0.1, -0.05) is 60.1 Å². The molecule has 0 radical (unpaired) electrons. The van der Waals surface area contributed by atoms with Gasteiger partial charge in [-0.15, -0.1) is 0 Å². The van der Waals surface area contributed by atoms with Crippen LogP contribution in [0.5, 0.6) is 0 Å². The van der Waals surface area contributed by atoms with Crippen LogP contribution in [0.2, 0.25) is 5.02 Å². The molecule has 3 nitrogen and oxygen atoms in total. The van der Waals surface area contributed by atoms with Crippen LogP contribution in [-0.4, -0.2) is 23.0 Å². The van der Waals surface area contributed by atoms with Crippen molar-refractivity contribution < 1.29 is 9.90 Å². The molecule has 0 bridgehead atoms. The van der Waals surface area contributed by atoms with Gasteiger partial charge in [0.2, 0.25) is 5.91 Å². The van der Waals surface area contributed by atoms with E-state index in [4.69, 9.17) is 11.6 Å². The molecule has 4 heteroatoms. The van der Waals surface area contributed by atoms with E-state index in [1.807, 2.05) is 61.5 Å². The van der Waals surface area contributed by atoms with Gasteiger partial charge in [0.15, 0.2) is 0 Å². The molecule has 1 N–H and O–H groups in total. The van der Waals surface area contributed by atoms with Gasteiger partial charge in [0.25, 0.3) is 0 Å². The minimum atomic E-state index is -0.797. The van der Waals surface area contributed by atoms with Crippen molar-refractivity contribution in [3.8, 4) is 0 Å². The largest absolute Gasteiger partial charge is 0.388 e. The Balaban J connectivity index is 2.04. The highest BCUT2D eigenvalue weighted by molar-refractivity contribution is 6.31. The van der Waals surface area contributed by atoms with Gasteiger partial charge in [0.1, 0.15) is 0 Å². The first-order chi connectivity index (χ1) is 10.5. The second-order valence-electron chi connectivity index (χ2n) is 5.33. The van der Waals surface area contributed by atoms with Crippen molar-refractivity contribution in [3.63, 3.8) is 0 Å². The average Bonchev–Trinajstić information content (AvgIpc) is 2.54. The molecule has 1 amide bonds. The first-order valence-corrected chi connectivity index (χ1v) is 7.61. The molecule has 0 aliphatic heterocycles. The lowest BCUT2D eigenvalue weighted by Crippen LogP contribution is -2.30. The highest BCUT2D eigenvalue weighted by Crippen LogP contribution is 2.27. The molecule has 0 saturated heterocycles. The molecule has 0 heterocycles. The normalized spacial score (nSPS) is 13.5. The van der Waals surface area contributed by atoms with Crippen LogP contribution in [0.3, 0.4) is 0 Å². The lowest BCUT2D eigenvalue weighted by Gasteiger charge is -2.27. The van der Waals surface area contributed by atoms with Crippen molar-refractivity contribution in [2.45, 2.75) is 25.5 Å². The van der Waals surface area contributed by atoms with Crippen LogP contribution in [0, 0.1) is 0 Å². The van der Waals surface area contributed by atoms with E-state index in [2.05, 4.69) is 0 Å². The molecule has 2 aromatic carbocycles. The SMILES string of the molecule is CC(c1ccccc1Cl)N(C)C(=O)CC(O)c1ccccc1. The topological polar surface area (TPSA) is 40.5 Å². The molecule has 116 valence electrons. The molecule has 0 aromatic heterocycles. The lowest BCUT2D eigenvalue weighted by molar-refractivity contribution is -0.134. The fourth-order valence-corrected chi connectivity index (χ4v) is 2.63. The number of benzene rings is 2. The maximum atomic E-state index is 12.4. The Labute approximate surface area is 136 Å². The van der Waals surface area contributed by atoms with Gasteiger partial charge in [0, 0.05) is 12.1 Å². The van der Waals surface area contributed by atoms with Crippen LogP contribution < -0.4 is 0 Å². The van der Waals surface area contributed by atoms with Gasteiger partial charge in [-0.2, -0.15) is 0 Å². The minimum absolute atomic E-state index is 0.0509. The van der Waals surface area contributed by atoms with Crippen molar-refractivity contribution in [2.75, 3.05) is 7.05 Å². The predicted molar refractivity (Wildman–Crippen MR) is 88.7 cm³/mol. The van der Waals surface area contributed by atoms with E-state index in [9.17, 15) is 9.90 Å². The maximum Gasteiger partial charge on any atom is 0.225 e. The Morgan fingerprint density at radius 2 is 1.73 bits per heavy atom. The Kier molecular flexibility index (Phi) is 5.58. The van der Waals surface area contributed by atoms with E-state index in [0.29, 0.717) is 5.02 Å². The van der Waals surface area contributed by atoms with E-state index >= 15 is 0 Å². The number of amides is 1. The van der Waals surface area contributed by atoms with Gasteiger partial charge in [-0.05, 0) is 24.1 Å². The fraction of sp³-hybridized carbons (Fsp3) is 0.278. The third-order valence-corrected chi connectivity index (χ3v) is 4.23. The summed E-state index contributed by atoms with van der Waals surface area (Å²) in [7, 11) is 1.73. The molecule has 2 aromatic rings. The number of carbonyl (C=O) groups excluding carboxylic acids is 1. The van der Waals surface area contributed by atoms with E-state index in [1.165, 1.54) is 0 Å². The molecule has 0 spiro atoms. The number of halogens is 1. The molecule has 0 aliphatic rings. The molecular formula is C18H20ClNO2. The van der Waals surface area contributed by atoms with Crippen LogP contribution >= 0.6 is 11.6 Å². The summed E-state index contributed by atoms with van der Waals surface area (Å²) in [6.07, 6.45) is -0.746. The number of aliphatic hydroxyl groups excluding tert-OH is 1. The molecule has 2 atom stereocenters. The zero-order chi connectivity index (χ0) is 16.1. The summed E-state index contributed by atoms with van der Waals surface area (Å²) in [6, 6.07) is 16.5. The van der Waals surface area contributed by atoms with Gasteiger partial charge < -0.3 is 10.0 Å². The van der Waals surface area contributed by atoms with E-state index < -0.39 is 6.10 Å². The van der Waals surface area contributed by atoms with E-state index in [0.717, 1.165) is 11.1 Å². The van der Waals surface area contributed by atoms with Crippen molar-refractivity contribution in [1.29, 1.82) is 0 Å². The van der Waals surface area contributed by atoms with Crippen molar-refractivity contribution >= 4 is 17.5 Å². The summed E-state index contributed by atoms with van der Waals surface area (Å²) in [5.41, 5.74) is 1.64. The van der Waals surface area contributed by atoms with Crippen molar-refractivity contribution in [3.05, 3.63) is 70.7 Å². The monoisotopic (exact) mass is 317 g/mol. The zero-order valence-corrected chi connectivity index (χ0v) is 13.5. The summed E-state index contributed by atoms with van der Waals surface area (Å²) in [5, 5.41) is 10.8. The van der Waals surface area contributed by atoms with Crippen molar-refractivity contribution in [1.82, 2.24) is 4.90 Å². The third kappa shape index (κ3) is 3.87. The quantitative estimate of drug-likeness (QED) is 0.906. The standard InChI is InChI=1S/C18H20ClNO2/c1-13(15-10-6-7-11-16(15)19)20(2)18(22)12-17(21)14-8-4-3-5-9-14/h3-11,13,17,21H,12H2,1-2H3. The number of aliphatic hydroxyl groups is 1. The second kappa shape index (κ2) is 7.43. The molecule has 22 heavy (non-hydrogen) atoms. The molecule has 2 rings (SSSR count). The lowest BCUT2D eigenvalue weighted by atomic mass is 10.0. The number of hydrogen-bond acceptors (Lipinski definition) is 2. The molecule has 0 aliphatic carbocycles. The molecule has 0 saturated carbocycles. The average molecular weight is 318 g/mol. The second-order valence-corrected chi connectivity index (χ2v) is 5.74.